The van der Waals surface area contributed by atoms with Gasteiger partial charge in [-0.25, -0.2) is 0 Å². The fourth-order valence-electron chi connectivity index (χ4n) is 4.89. The number of hydrogen-bond donors (Lipinski definition) is 3. The number of likely N-dealkylation sites (tertiary alicyclic amines) is 1. The zero-order chi connectivity index (χ0) is 28.5. The molecule has 3 N–H and O–H groups in total. The summed E-state index contributed by atoms with van der Waals surface area (Å²) in [5, 5.41) is 6.04. The molecule has 0 atom stereocenters. The van der Waals surface area contributed by atoms with Gasteiger partial charge in [0.25, 0.3) is 5.91 Å². The van der Waals surface area contributed by atoms with E-state index in [-0.39, 0.29) is 16.8 Å². The van der Waals surface area contributed by atoms with E-state index in [9.17, 15) is 26.4 Å². The van der Waals surface area contributed by atoms with Crippen LogP contribution in [0.15, 0.2) is 72.8 Å². The van der Waals surface area contributed by atoms with E-state index in [0.29, 0.717) is 16.9 Å². The van der Waals surface area contributed by atoms with Crippen LogP contribution in [0.2, 0.25) is 0 Å². The quantitative estimate of drug-likeness (QED) is 0.298. The number of fused-ring (bicyclic) bond motifs is 1. The Bertz CT molecular complexity index is 1530. The molecule has 0 aromatic heterocycles. The van der Waals surface area contributed by atoms with Crippen molar-refractivity contribution in [2.45, 2.75) is 31.8 Å². The van der Waals surface area contributed by atoms with Crippen molar-refractivity contribution < 1.29 is 26.4 Å². The standard InChI is InChI=1S/C29H29F3N4O3S/c1-19-13-15-36(16-14-19)18-20-7-9-22(10-8-20)33-27(21-5-3-2-4-6-21)26-24-17-23(11-12-25(24)34-28(26)37)35-40(38,39)29(30,31)32/h2-12,17,19,33,35H,13-16,18H2,1H3,(H,34,37)/b27-26-. The van der Waals surface area contributed by atoms with Crippen LogP contribution in [0.4, 0.5) is 30.2 Å². The summed E-state index contributed by atoms with van der Waals surface area (Å²) in [6, 6.07) is 20.7. The SMILES string of the molecule is CC1CCN(Cc2ccc(N/C(=C3\C(=O)Nc4ccc(NS(=O)(=O)C(F)(F)F)cc43)c3ccccc3)cc2)CC1. The molecule has 2 heterocycles. The molecule has 0 spiro atoms. The number of nitrogens with zero attached hydrogens (tertiary/aromatic N) is 1. The van der Waals surface area contributed by atoms with Gasteiger partial charge in [0.05, 0.1) is 11.3 Å². The second kappa shape index (κ2) is 11.0. The third kappa shape index (κ3) is 6.00. The minimum Gasteiger partial charge on any atom is -0.354 e. The summed E-state index contributed by atoms with van der Waals surface area (Å²) in [7, 11) is -5.63. The number of hydrogen-bond acceptors (Lipinski definition) is 5. The number of carbonyl (C=O) groups is 1. The molecular formula is C29H29F3N4O3S. The maximum atomic E-state index is 13.2. The smallest absolute Gasteiger partial charge is 0.354 e. The van der Waals surface area contributed by atoms with Crippen LogP contribution in [0.5, 0.6) is 0 Å². The predicted octanol–water partition coefficient (Wildman–Crippen LogP) is 6.11. The molecule has 0 radical (unpaired) electrons. The molecule has 3 aromatic carbocycles. The summed E-state index contributed by atoms with van der Waals surface area (Å²) < 4.78 is 63.8. The van der Waals surface area contributed by atoms with Gasteiger partial charge in [-0.2, -0.15) is 21.6 Å². The first-order chi connectivity index (χ1) is 19.0. The van der Waals surface area contributed by atoms with Gasteiger partial charge in [0.2, 0.25) is 0 Å². The maximum absolute atomic E-state index is 13.2. The van der Waals surface area contributed by atoms with E-state index in [4.69, 9.17) is 0 Å². The Kier molecular flexibility index (Phi) is 7.61. The lowest BCUT2D eigenvalue weighted by atomic mass is 9.98. The molecule has 3 aromatic rings. The minimum atomic E-state index is -5.63. The normalized spacial score (nSPS) is 17.8. The second-order valence-corrected chi connectivity index (χ2v) is 11.8. The van der Waals surface area contributed by atoms with Crippen molar-refractivity contribution in [2.75, 3.05) is 28.4 Å². The van der Waals surface area contributed by atoms with Gasteiger partial charge >= 0.3 is 15.5 Å². The molecule has 0 unspecified atom stereocenters. The molecule has 5 rings (SSSR count). The molecule has 40 heavy (non-hydrogen) atoms. The van der Waals surface area contributed by atoms with Crippen LogP contribution in [0, 0.1) is 5.92 Å². The van der Waals surface area contributed by atoms with E-state index in [0.717, 1.165) is 31.2 Å². The molecule has 0 aliphatic carbocycles. The first-order valence-corrected chi connectivity index (χ1v) is 14.4. The van der Waals surface area contributed by atoms with Crippen molar-refractivity contribution in [1.29, 1.82) is 0 Å². The van der Waals surface area contributed by atoms with Crippen molar-refractivity contribution in [3.63, 3.8) is 0 Å². The van der Waals surface area contributed by atoms with Gasteiger partial charge in [-0.15, -0.1) is 0 Å². The summed E-state index contributed by atoms with van der Waals surface area (Å²) >= 11 is 0. The number of nitrogens with one attached hydrogen (secondary N) is 3. The number of halogens is 3. The second-order valence-electron chi connectivity index (χ2n) is 10.2. The number of sulfonamides is 1. The Morgan fingerprint density at radius 1 is 0.975 bits per heavy atom. The zero-order valence-corrected chi connectivity index (χ0v) is 22.6. The number of anilines is 3. The van der Waals surface area contributed by atoms with Gasteiger partial charge < -0.3 is 10.6 Å². The number of benzene rings is 3. The molecule has 2 aliphatic rings. The van der Waals surface area contributed by atoms with Crippen LogP contribution in [0.25, 0.3) is 11.3 Å². The predicted molar refractivity (Wildman–Crippen MR) is 151 cm³/mol. The van der Waals surface area contributed by atoms with E-state index in [2.05, 4.69) is 22.5 Å². The molecule has 210 valence electrons. The van der Waals surface area contributed by atoms with Gasteiger partial charge in [-0.3, -0.25) is 14.4 Å². The van der Waals surface area contributed by atoms with E-state index < -0.39 is 21.4 Å². The summed E-state index contributed by atoms with van der Waals surface area (Å²) in [4.78, 5) is 15.6. The topological polar surface area (TPSA) is 90.5 Å². The Morgan fingerprint density at radius 2 is 1.62 bits per heavy atom. The fraction of sp³-hybridized carbons (Fsp3) is 0.276. The summed E-state index contributed by atoms with van der Waals surface area (Å²) in [5.74, 6) is 0.291. The highest BCUT2D eigenvalue weighted by Crippen LogP contribution is 2.39. The molecule has 1 amide bonds. The molecule has 1 fully saturated rings. The van der Waals surface area contributed by atoms with Crippen LogP contribution in [-0.4, -0.2) is 37.8 Å². The van der Waals surface area contributed by atoms with E-state index in [1.165, 1.54) is 36.6 Å². The van der Waals surface area contributed by atoms with E-state index in [1.54, 1.807) is 4.72 Å². The largest absolute Gasteiger partial charge is 0.516 e. The monoisotopic (exact) mass is 570 g/mol. The third-order valence-corrected chi connectivity index (χ3v) is 8.25. The summed E-state index contributed by atoms with van der Waals surface area (Å²) in [6.45, 7) is 5.27. The molecule has 0 bridgehead atoms. The van der Waals surface area contributed by atoms with Crippen molar-refractivity contribution in [1.82, 2.24) is 4.90 Å². The lowest BCUT2D eigenvalue weighted by Gasteiger charge is -2.30. The Hall–Kier alpha value is -3.83. The first kappa shape index (κ1) is 27.7. The average molecular weight is 571 g/mol. The number of amides is 1. The van der Waals surface area contributed by atoms with Crippen molar-refractivity contribution in [3.8, 4) is 0 Å². The average Bonchev–Trinajstić information content (AvgIpc) is 3.24. The highest BCUT2D eigenvalue weighted by Gasteiger charge is 2.46. The Morgan fingerprint density at radius 3 is 2.27 bits per heavy atom. The van der Waals surface area contributed by atoms with Crippen LogP contribution in [0.1, 0.15) is 36.5 Å². The molecule has 11 heteroatoms. The Labute approximate surface area is 231 Å². The minimum absolute atomic E-state index is 0.181. The van der Waals surface area contributed by atoms with Crippen LogP contribution in [0.3, 0.4) is 0 Å². The highest BCUT2D eigenvalue weighted by atomic mass is 32.2. The number of carbonyl (C=O) groups excluding carboxylic acids is 1. The van der Waals surface area contributed by atoms with Gasteiger partial charge in [-0.1, -0.05) is 49.4 Å². The Balaban J connectivity index is 1.47. The third-order valence-electron chi connectivity index (χ3n) is 7.14. The lowest BCUT2D eigenvalue weighted by molar-refractivity contribution is -0.110. The van der Waals surface area contributed by atoms with Crippen LogP contribution in [-0.2, 0) is 21.4 Å². The van der Waals surface area contributed by atoms with Gasteiger partial charge in [0, 0.05) is 29.2 Å². The van der Waals surface area contributed by atoms with Gasteiger partial charge in [0.15, 0.2) is 0 Å². The van der Waals surface area contributed by atoms with Crippen LogP contribution < -0.4 is 15.4 Å². The van der Waals surface area contributed by atoms with Crippen molar-refractivity contribution in [2.24, 2.45) is 5.92 Å². The number of piperidine rings is 1. The van der Waals surface area contributed by atoms with Crippen molar-refractivity contribution >= 4 is 44.3 Å². The molecule has 1 saturated heterocycles. The van der Waals surface area contributed by atoms with E-state index >= 15 is 0 Å². The molecule has 2 aliphatic heterocycles. The van der Waals surface area contributed by atoms with Crippen LogP contribution >= 0.6 is 0 Å². The molecule has 7 nitrogen and oxygen atoms in total. The van der Waals surface area contributed by atoms with Crippen molar-refractivity contribution in [3.05, 3.63) is 89.5 Å². The summed E-state index contributed by atoms with van der Waals surface area (Å²) in [6.07, 6.45) is 2.38. The van der Waals surface area contributed by atoms with Gasteiger partial charge in [-0.05, 0) is 73.3 Å². The fourth-order valence-corrected chi connectivity index (χ4v) is 5.44. The number of alkyl halides is 3. The van der Waals surface area contributed by atoms with E-state index in [1.807, 2.05) is 54.6 Å². The maximum Gasteiger partial charge on any atom is 0.516 e. The summed E-state index contributed by atoms with van der Waals surface area (Å²) in [5.41, 5.74) is -1.98. The lowest BCUT2D eigenvalue weighted by Crippen LogP contribution is -2.32. The molecular weight excluding hydrogens is 541 g/mol. The molecule has 0 saturated carbocycles. The van der Waals surface area contributed by atoms with Gasteiger partial charge in [0.1, 0.15) is 0 Å². The first-order valence-electron chi connectivity index (χ1n) is 12.9. The highest BCUT2D eigenvalue weighted by molar-refractivity contribution is 7.93. The zero-order valence-electron chi connectivity index (χ0n) is 21.8. The number of rotatable bonds is 7.